The van der Waals surface area contributed by atoms with E-state index >= 15 is 0 Å². The average molecular weight is 1260 g/mol. The van der Waals surface area contributed by atoms with Crippen LogP contribution in [0.2, 0.25) is 0 Å². The Morgan fingerprint density at radius 2 is 0.584 bits per heavy atom. The van der Waals surface area contributed by atoms with Crippen molar-refractivity contribution in [2.45, 2.75) is 354 Å². The van der Waals surface area contributed by atoms with Crippen LogP contribution in [-0.2, 0) is 32.7 Å². The van der Waals surface area contributed by atoms with E-state index in [1.54, 1.807) is 0 Å². The third-order valence-corrected chi connectivity index (χ3v) is 17.1. The quantitative estimate of drug-likeness (QED) is 0.0264. The Balaban J connectivity index is 3.81. The summed E-state index contributed by atoms with van der Waals surface area (Å²) in [4.78, 5) is 35.4. The van der Waals surface area contributed by atoms with Crippen molar-refractivity contribution in [1.82, 2.24) is 0 Å². The second kappa shape index (κ2) is 73.7. The van der Waals surface area contributed by atoms with Gasteiger partial charge in [0.15, 0.2) is 6.10 Å². The molecule has 0 saturated carbocycles. The van der Waals surface area contributed by atoms with E-state index in [4.69, 9.17) is 24.3 Å². The fourth-order valence-electron chi connectivity index (χ4n) is 10.7. The molecule has 0 aromatic heterocycles. The number of hydrogen-bond acceptors (Lipinski definition) is 8. The Hall–Kier alpha value is -3.33. The highest BCUT2D eigenvalue weighted by atomic mass is 31.2. The normalized spacial score (nSPS) is 13.5. The van der Waals surface area contributed by atoms with Gasteiger partial charge in [-0.25, -0.2) is 4.57 Å². The van der Waals surface area contributed by atoms with E-state index in [9.17, 15) is 19.0 Å². The van der Waals surface area contributed by atoms with Crippen LogP contribution in [-0.4, -0.2) is 49.3 Å². The highest BCUT2D eigenvalue weighted by Gasteiger charge is 2.26. The second-order valence-corrected chi connectivity index (χ2v) is 26.2. The molecule has 0 fully saturated rings. The van der Waals surface area contributed by atoms with Crippen molar-refractivity contribution < 1.29 is 37.6 Å². The molecule has 0 aromatic rings. The molecule has 0 spiro atoms. The lowest BCUT2D eigenvalue weighted by Gasteiger charge is -2.19. The predicted molar refractivity (Wildman–Crippen MR) is 385 cm³/mol. The van der Waals surface area contributed by atoms with Gasteiger partial charge in [0.05, 0.1) is 13.2 Å². The summed E-state index contributed by atoms with van der Waals surface area (Å²) in [5.41, 5.74) is 5.41. The molecule has 10 heteroatoms. The Kier molecular flexibility index (Phi) is 71.0. The molecule has 0 bridgehead atoms. The fourth-order valence-corrected chi connectivity index (χ4v) is 11.5. The van der Waals surface area contributed by atoms with E-state index in [1.165, 1.54) is 225 Å². The number of hydrogen-bond donors (Lipinski definition) is 2. The first-order valence-electron chi connectivity index (χ1n) is 37.4. The lowest BCUT2D eigenvalue weighted by Crippen LogP contribution is -2.29. The third kappa shape index (κ3) is 73.6. The van der Waals surface area contributed by atoms with Crippen molar-refractivity contribution in [2.24, 2.45) is 5.73 Å². The molecule has 3 N–H and O–H groups in total. The predicted octanol–water partition coefficient (Wildman–Crippen LogP) is 24.9. The standard InChI is InChI=1S/C79H140NO8P/c1-3-5-7-9-11-13-15-17-19-21-23-25-27-29-31-33-35-36-37-38-39-40-42-44-46-48-50-52-54-56-58-60-62-64-66-68-70-72-79(82)88-77(76-87-89(83,84)86-74-73-80)75-85-78(81)71-69-67-65-63-61-59-57-55-53-51-49-47-45-43-41-34-32-30-28-26-24-22-20-18-16-14-12-10-8-6-4-2/h5-8,11-14,17-20,23-26,29,31,77H,3-4,9-10,15-16,21-22,27-28,30,32-76,80H2,1-2H3,(H,83,84)/b7-5-,8-6-,13-11-,14-12-,19-17-,20-18-,25-23-,26-24-,31-29-. The number of ether oxygens (including phenoxy) is 2. The summed E-state index contributed by atoms with van der Waals surface area (Å²) >= 11 is 0. The Morgan fingerprint density at radius 3 is 0.865 bits per heavy atom. The van der Waals surface area contributed by atoms with Gasteiger partial charge in [-0.15, -0.1) is 0 Å². The maximum atomic E-state index is 12.8. The minimum Gasteiger partial charge on any atom is -0.462 e. The number of phosphoric ester groups is 1. The third-order valence-electron chi connectivity index (χ3n) is 16.2. The zero-order valence-corrected chi connectivity index (χ0v) is 58.8. The van der Waals surface area contributed by atoms with Crippen molar-refractivity contribution in [2.75, 3.05) is 26.4 Å². The first kappa shape index (κ1) is 85.7. The van der Waals surface area contributed by atoms with Gasteiger partial charge in [-0.2, -0.15) is 0 Å². The number of nitrogens with two attached hydrogens (primary N) is 1. The summed E-state index contributed by atoms with van der Waals surface area (Å²) in [7, 11) is -4.40. The number of esters is 2. The number of carbonyl (C=O) groups is 2. The summed E-state index contributed by atoms with van der Waals surface area (Å²) in [6.45, 7) is 3.57. The molecule has 9 nitrogen and oxygen atoms in total. The van der Waals surface area contributed by atoms with E-state index in [-0.39, 0.29) is 38.6 Å². The number of carbonyl (C=O) groups excluding carboxylic acids is 2. The van der Waals surface area contributed by atoms with Crippen molar-refractivity contribution in [3.05, 3.63) is 109 Å². The van der Waals surface area contributed by atoms with Gasteiger partial charge in [0.1, 0.15) is 6.61 Å². The molecule has 0 rings (SSSR count). The molecule has 2 unspecified atom stereocenters. The first-order chi connectivity index (χ1) is 43.8. The highest BCUT2D eigenvalue weighted by Crippen LogP contribution is 2.43. The molecule has 2 atom stereocenters. The molecule has 0 aliphatic heterocycles. The lowest BCUT2D eigenvalue weighted by atomic mass is 10.0. The van der Waals surface area contributed by atoms with Crippen LogP contribution in [0.4, 0.5) is 0 Å². The largest absolute Gasteiger partial charge is 0.472 e. The van der Waals surface area contributed by atoms with Gasteiger partial charge >= 0.3 is 19.8 Å². The minimum atomic E-state index is -4.40. The highest BCUT2D eigenvalue weighted by molar-refractivity contribution is 7.47. The maximum Gasteiger partial charge on any atom is 0.472 e. The number of phosphoric acid groups is 1. The number of unbranched alkanes of at least 4 members (excludes halogenated alkanes) is 39. The minimum absolute atomic E-state index is 0.0525. The topological polar surface area (TPSA) is 134 Å². The van der Waals surface area contributed by atoms with E-state index in [0.29, 0.717) is 6.42 Å². The molecular weight excluding hydrogens is 1120 g/mol. The summed E-state index contributed by atoms with van der Waals surface area (Å²) in [5, 5.41) is 0. The van der Waals surface area contributed by atoms with Crippen LogP contribution in [0, 0.1) is 0 Å². The van der Waals surface area contributed by atoms with Crippen LogP contribution < -0.4 is 5.73 Å². The lowest BCUT2D eigenvalue weighted by molar-refractivity contribution is -0.161. The average Bonchev–Trinajstić information content (AvgIpc) is 3.68. The van der Waals surface area contributed by atoms with Crippen molar-refractivity contribution in [3.63, 3.8) is 0 Å². The van der Waals surface area contributed by atoms with Gasteiger partial charge in [0.2, 0.25) is 0 Å². The van der Waals surface area contributed by atoms with E-state index in [1.807, 2.05) is 0 Å². The van der Waals surface area contributed by atoms with Crippen molar-refractivity contribution >= 4 is 19.8 Å². The maximum absolute atomic E-state index is 12.8. The molecule has 0 amide bonds. The molecule has 0 aliphatic carbocycles. The Labute approximate surface area is 549 Å². The second-order valence-electron chi connectivity index (χ2n) is 24.8. The summed E-state index contributed by atoms with van der Waals surface area (Å²) in [6, 6.07) is 0. The van der Waals surface area contributed by atoms with E-state index in [0.717, 1.165) is 89.9 Å². The van der Waals surface area contributed by atoms with Crippen LogP contribution in [0.1, 0.15) is 348 Å². The Morgan fingerprint density at radius 1 is 0.337 bits per heavy atom. The fraction of sp³-hybridized carbons (Fsp3) is 0.747. The number of allylic oxidation sites excluding steroid dienone is 18. The van der Waals surface area contributed by atoms with Gasteiger partial charge in [-0.3, -0.25) is 18.6 Å². The van der Waals surface area contributed by atoms with Gasteiger partial charge < -0.3 is 20.1 Å². The summed E-state index contributed by atoms with van der Waals surface area (Å²) in [5.74, 6) is -0.813. The number of rotatable bonds is 70. The van der Waals surface area contributed by atoms with Crippen molar-refractivity contribution in [3.8, 4) is 0 Å². The van der Waals surface area contributed by atoms with Crippen LogP contribution in [0.3, 0.4) is 0 Å². The zero-order chi connectivity index (χ0) is 64.4. The van der Waals surface area contributed by atoms with Gasteiger partial charge in [-0.1, -0.05) is 348 Å². The van der Waals surface area contributed by atoms with Crippen LogP contribution in [0.15, 0.2) is 109 Å². The van der Waals surface area contributed by atoms with Gasteiger partial charge in [0.25, 0.3) is 0 Å². The zero-order valence-electron chi connectivity index (χ0n) is 57.9. The van der Waals surface area contributed by atoms with Crippen LogP contribution in [0.25, 0.3) is 0 Å². The molecule has 0 heterocycles. The molecule has 0 aliphatic rings. The summed E-state index contributed by atoms with van der Waals surface area (Å²) < 4.78 is 33.2. The molecular formula is C79H140NO8P. The first-order valence-corrected chi connectivity index (χ1v) is 38.9. The van der Waals surface area contributed by atoms with Crippen LogP contribution >= 0.6 is 7.82 Å². The SMILES string of the molecule is CC/C=C\C/C=C\C/C=C\C/C=C\C/C=C\CCCCCCCCCCCCCCCCCCCCCCCC(=O)OC(COC(=O)CCCCCCCCCCCCCCCCCCCC/C=C\C/C=C\C/C=C\C/C=C\CC)COP(=O)(O)OCCN. The summed E-state index contributed by atoms with van der Waals surface area (Å²) in [6.07, 6.45) is 102. The smallest absolute Gasteiger partial charge is 0.462 e. The molecule has 0 radical (unpaired) electrons. The molecule has 0 saturated heterocycles. The molecule has 89 heavy (non-hydrogen) atoms. The monoisotopic (exact) mass is 1260 g/mol. The molecule has 514 valence electrons. The van der Waals surface area contributed by atoms with Gasteiger partial charge in [-0.05, 0) is 96.3 Å². The van der Waals surface area contributed by atoms with E-state index in [2.05, 4.69) is 123 Å². The van der Waals surface area contributed by atoms with Crippen molar-refractivity contribution in [1.29, 1.82) is 0 Å². The Bertz CT molecular complexity index is 1830. The van der Waals surface area contributed by atoms with Crippen LogP contribution in [0.5, 0.6) is 0 Å². The molecule has 0 aromatic carbocycles. The van der Waals surface area contributed by atoms with Gasteiger partial charge in [0, 0.05) is 19.4 Å². The van der Waals surface area contributed by atoms with E-state index < -0.39 is 26.5 Å².